The number of carbonyl (C=O) groups excluding carboxylic acids is 3. The fourth-order valence-corrected chi connectivity index (χ4v) is 3.42. The molecule has 0 saturated heterocycles. The Hall–Kier alpha value is -3.23. The highest BCUT2D eigenvalue weighted by Gasteiger charge is 2.30. The number of aryl methyl sites for hydroxylation is 1. The molecule has 0 aliphatic heterocycles. The van der Waals surface area contributed by atoms with E-state index >= 15 is 0 Å². The number of amides is 3. The average Bonchev–Trinajstić information content (AvgIpc) is 2.81. The first-order valence-corrected chi connectivity index (χ1v) is 11.1. The zero-order valence-corrected chi connectivity index (χ0v) is 19.5. The molecule has 8 heteroatoms. The maximum Gasteiger partial charge on any atom is 0.268 e. The van der Waals surface area contributed by atoms with Crippen molar-refractivity contribution in [1.82, 2.24) is 16.1 Å². The maximum atomic E-state index is 12.8. The number of rotatable bonds is 10. The number of nitrogens with one attached hydrogen (secondary N) is 3. The predicted molar refractivity (Wildman–Crippen MR) is 126 cm³/mol. The van der Waals surface area contributed by atoms with Crippen molar-refractivity contribution in [2.75, 3.05) is 0 Å². The molecule has 3 atom stereocenters. The Kier molecular flexibility index (Phi) is 9.57. The van der Waals surface area contributed by atoms with Crippen molar-refractivity contribution in [3.05, 3.63) is 59.7 Å². The molecule has 0 spiro atoms. The van der Waals surface area contributed by atoms with Crippen molar-refractivity contribution in [3.8, 4) is 11.1 Å². The van der Waals surface area contributed by atoms with Gasteiger partial charge in [0.1, 0.15) is 12.1 Å². The highest BCUT2D eigenvalue weighted by atomic mass is 16.5. The first-order chi connectivity index (χ1) is 15.7. The van der Waals surface area contributed by atoms with Gasteiger partial charge in [-0.1, -0.05) is 57.2 Å². The Bertz CT molecular complexity index is 940. The molecule has 5 N–H and O–H groups in total. The number of benzene rings is 2. The summed E-state index contributed by atoms with van der Waals surface area (Å²) in [5.74, 6) is -1.93. The average molecular weight is 456 g/mol. The third kappa shape index (κ3) is 7.40. The van der Waals surface area contributed by atoms with Crippen molar-refractivity contribution in [2.45, 2.75) is 58.7 Å². The second-order valence-electron chi connectivity index (χ2n) is 8.49. The number of aliphatic hydroxyl groups is 1. The van der Waals surface area contributed by atoms with E-state index in [1.54, 1.807) is 12.1 Å². The van der Waals surface area contributed by atoms with Gasteiger partial charge in [0.25, 0.3) is 11.8 Å². The first-order valence-electron chi connectivity index (χ1n) is 11.1. The van der Waals surface area contributed by atoms with Crippen LogP contribution in [-0.2, 0) is 16.0 Å². The summed E-state index contributed by atoms with van der Waals surface area (Å²) in [6.45, 7) is 7.21. The molecule has 0 aliphatic carbocycles. The Morgan fingerprint density at radius 3 is 1.85 bits per heavy atom. The second-order valence-corrected chi connectivity index (χ2v) is 8.49. The van der Waals surface area contributed by atoms with E-state index in [1.165, 1.54) is 18.0 Å². The molecule has 2 aromatic rings. The molecule has 0 aromatic heterocycles. The minimum absolute atomic E-state index is 0.0752. The molecule has 178 valence electrons. The molecule has 3 amide bonds. The molecule has 0 bridgehead atoms. The minimum Gasteiger partial charge on any atom is -0.391 e. The van der Waals surface area contributed by atoms with Gasteiger partial charge in [-0.2, -0.15) is 0 Å². The van der Waals surface area contributed by atoms with Crippen LogP contribution in [-0.4, -0.2) is 46.2 Å². The highest BCUT2D eigenvalue weighted by Crippen LogP contribution is 2.21. The summed E-state index contributed by atoms with van der Waals surface area (Å²) >= 11 is 0. The molecular formula is C25H33N3O5. The summed E-state index contributed by atoms with van der Waals surface area (Å²) < 4.78 is 0. The van der Waals surface area contributed by atoms with E-state index in [9.17, 15) is 19.5 Å². The topological polar surface area (TPSA) is 128 Å². The summed E-state index contributed by atoms with van der Waals surface area (Å²) in [4.78, 5) is 37.3. The molecule has 8 nitrogen and oxygen atoms in total. The molecule has 0 aliphatic rings. The van der Waals surface area contributed by atoms with Gasteiger partial charge in [-0.15, -0.1) is 0 Å². The third-order valence-electron chi connectivity index (χ3n) is 5.34. The second kappa shape index (κ2) is 12.1. The van der Waals surface area contributed by atoms with Crippen LogP contribution < -0.4 is 16.1 Å². The first kappa shape index (κ1) is 26.0. The zero-order chi connectivity index (χ0) is 24.5. The summed E-state index contributed by atoms with van der Waals surface area (Å²) in [6.07, 6.45) is 0.0512. The van der Waals surface area contributed by atoms with Gasteiger partial charge in [0.05, 0.1) is 6.10 Å². The highest BCUT2D eigenvalue weighted by molar-refractivity contribution is 5.98. The van der Waals surface area contributed by atoms with Gasteiger partial charge in [-0.05, 0) is 54.5 Å². The lowest BCUT2D eigenvalue weighted by molar-refractivity contribution is -0.138. The largest absolute Gasteiger partial charge is 0.391 e. The van der Waals surface area contributed by atoms with Crippen LogP contribution in [0, 0.1) is 5.92 Å². The Labute approximate surface area is 194 Å². The van der Waals surface area contributed by atoms with Crippen LogP contribution in [0.3, 0.4) is 0 Å². The van der Waals surface area contributed by atoms with Crippen molar-refractivity contribution in [3.63, 3.8) is 0 Å². The summed E-state index contributed by atoms with van der Waals surface area (Å²) in [5.41, 5.74) is 5.08. The maximum absolute atomic E-state index is 12.8. The van der Waals surface area contributed by atoms with Crippen LogP contribution >= 0.6 is 0 Å². The Balaban J connectivity index is 2.13. The monoisotopic (exact) mass is 455 g/mol. The van der Waals surface area contributed by atoms with Gasteiger partial charge >= 0.3 is 0 Å². The van der Waals surface area contributed by atoms with E-state index in [0.717, 1.165) is 17.5 Å². The molecule has 0 fully saturated rings. The Morgan fingerprint density at radius 2 is 1.39 bits per heavy atom. The van der Waals surface area contributed by atoms with Crippen molar-refractivity contribution >= 4 is 17.7 Å². The quantitative estimate of drug-likeness (QED) is 0.278. The number of aliphatic hydroxyl groups excluding tert-OH is 1. The van der Waals surface area contributed by atoms with E-state index in [4.69, 9.17) is 5.21 Å². The number of carbonyl (C=O) groups is 3. The smallest absolute Gasteiger partial charge is 0.268 e. The lowest BCUT2D eigenvalue weighted by Crippen LogP contribution is -2.57. The summed E-state index contributed by atoms with van der Waals surface area (Å²) in [7, 11) is 0. The van der Waals surface area contributed by atoms with E-state index in [0.29, 0.717) is 12.0 Å². The molecule has 0 unspecified atom stereocenters. The van der Waals surface area contributed by atoms with Crippen LogP contribution in [0.2, 0.25) is 0 Å². The molecule has 0 heterocycles. The van der Waals surface area contributed by atoms with Gasteiger partial charge in [0, 0.05) is 5.56 Å². The molecule has 33 heavy (non-hydrogen) atoms. The van der Waals surface area contributed by atoms with E-state index < -0.39 is 35.9 Å². The SMILES string of the molecule is CCc1ccc(-c2ccc(C(=O)N[C@@H](CC(C)C)C(=O)N[C@H](C(=O)NO)[C@@H](C)O)cc2)cc1. The normalized spacial score (nSPS) is 13.7. The Morgan fingerprint density at radius 1 is 0.848 bits per heavy atom. The molecule has 0 radical (unpaired) electrons. The molecular weight excluding hydrogens is 422 g/mol. The zero-order valence-electron chi connectivity index (χ0n) is 19.5. The third-order valence-corrected chi connectivity index (χ3v) is 5.34. The number of hydrogen-bond donors (Lipinski definition) is 5. The van der Waals surface area contributed by atoms with Gasteiger partial charge in [0.2, 0.25) is 5.91 Å². The van der Waals surface area contributed by atoms with Crippen LogP contribution in [0.1, 0.15) is 50.0 Å². The fourth-order valence-electron chi connectivity index (χ4n) is 3.42. The van der Waals surface area contributed by atoms with Crippen LogP contribution in [0.5, 0.6) is 0 Å². The number of hydroxylamine groups is 1. The van der Waals surface area contributed by atoms with E-state index in [1.807, 2.05) is 38.1 Å². The van der Waals surface area contributed by atoms with Crippen molar-refractivity contribution in [2.24, 2.45) is 5.92 Å². The summed E-state index contributed by atoms with van der Waals surface area (Å²) in [5, 5.41) is 23.7. The van der Waals surface area contributed by atoms with Crippen molar-refractivity contribution < 1.29 is 24.7 Å². The van der Waals surface area contributed by atoms with Crippen LogP contribution in [0.15, 0.2) is 48.5 Å². The van der Waals surface area contributed by atoms with Crippen LogP contribution in [0.4, 0.5) is 0 Å². The van der Waals surface area contributed by atoms with E-state index in [2.05, 4.69) is 29.7 Å². The lowest BCUT2D eigenvalue weighted by Gasteiger charge is -2.24. The summed E-state index contributed by atoms with van der Waals surface area (Å²) in [6, 6.07) is 13.0. The predicted octanol–water partition coefficient (Wildman–Crippen LogP) is 2.43. The van der Waals surface area contributed by atoms with Gasteiger partial charge in [-0.25, -0.2) is 5.48 Å². The molecule has 2 rings (SSSR count). The number of hydrogen-bond acceptors (Lipinski definition) is 5. The lowest BCUT2D eigenvalue weighted by atomic mass is 10.00. The standard InChI is InChI=1S/C25H33N3O5/c1-5-17-6-8-18(9-7-17)19-10-12-20(13-11-19)23(30)26-21(14-15(2)3)24(31)27-22(16(4)29)25(32)28-33/h6-13,15-16,21-22,29,33H,5,14H2,1-4H3,(H,26,30)(H,27,31)(H,28,32)/t16-,21+,22+/m1/s1. The van der Waals surface area contributed by atoms with Crippen LogP contribution in [0.25, 0.3) is 11.1 Å². The molecule has 2 aromatic carbocycles. The van der Waals surface area contributed by atoms with Crippen molar-refractivity contribution in [1.29, 1.82) is 0 Å². The fraction of sp³-hybridized carbons (Fsp3) is 0.400. The van der Waals surface area contributed by atoms with Gasteiger partial charge in [0.15, 0.2) is 0 Å². The molecule has 0 saturated carbocycles. The minimum atomic E-state index is -1.35. The van der Waals surface area contributed by atoms with E-state index in [-0.39, 0.29) is 5.92 Å². The van der Waals surface area contributed by atoms with Gasteiger partial charge in [-0.3, -0.25) is 19.6 Å². The van der Waals surface area contributed by atoms with Gasteiger partial charge < -0.3 is 15.7 Å².